The van der Waals surface area contributed by atoms with Crippen molar-refractivity contribution in [3.8, 4) is 5.75 Å². The summed E-state index contributed by atoms with van der Waals surface area (Å²) in [6.45, 7) is 3.56. The van der Waals surface area contributed by atoms with Crippen LogP contribution in [0.1, 0.15) is 36.9 Å². The molecule has 0 aliphatic heterocycles. The number of amides is 2. The maximum Gasteiger partial charge on any atom is 0.317 e. The summed E-state index contributed by atoms with van der Waals surface area (Å²) < 4.78 is 5.26. The maximum atomic E-state index is 12.8. The Kier molecular flexibility index (Phi) is 6.16. The monoisotopic (exact) mass is 352 g/mol. The number of hydrogen-bond acceptors (Lipinski definition) is 2. The summed E-state index contributed by atoms with van der Waals surface area (Å²) >= 11 is 0. The van der Waals surface area contributed by atoms with Crippen LogP contribution in [0.2, 0.25) is 0 Å². The Morgan fingerprint density at radius 3 is 2.65 bits per heavy atom. The molecule has 4 nitrogen and oxygen atoms in total. The van der Waals surface area contributed by atoms with Gasteiger partial charge in [-0.15, -0.1) is 0 Å². The minimum Gasteiger partial charge on any atom is -0.497 e. The fraction of sp³-hybridized carbons (Fsp3) is 0.409. The highest BCUT2D eigenvalue weighted by Gasteiger charge is 2.29. The van der Waals surface area contributed by atoms with Crippen LogP contribution in [0.25, 0.3) is 0 Å². The third-order valence-electron chi connectivity index (χ3n) is 4.99. The van der Waals surface area contributed by atoms with Gasteiger partial charge in [-0.3, -0.25) is 0 Å². The molecule has 1 aliphatic rings. The van der Waals surface area contributed by atoms with E-state index in [-0.39, 0.29) is 12.1 Å². The van der Waals surface area contributed by atoms with Gasteiger partial charge in [-0.05, 0) is 55.4 Å². The fourth-order valence-corrected chi connectivity index (χ4v) is 3.15. The van der Waals surface area contributed by atoms with Gasteiger partial charge >= 0.3 is 6.03 Å². The van der Waals surface area contributed by atoms with E-state index in [4.69, 9.17) is 4.74 Å². The zero-order valence-corrected chi connectivity index (χ0v) is 15.7. The number of nitrogens with zero attached hydrogens (tertiary/aromatic N) is 1. The number of nitrogens with one attached hydrogen (secondary N) is 1. The largest absolute Gasteiger partial charge is 0.497 e. The molecule has 1 aliphatic carbocycles. The summed E-state index contributed by atoms with van der Waals surface area (Å²) in [5.41, 5.74) is 2.34. The average Bonchev–Trinajstić information content (AvgIpc) is 3.50. The molecule has 3 rings (SSSR count). The molecule has 0 heterocycles. The number of ether oxygens (including phenoxy) is 1. The van der Waals surface area contributed by atoms with Crippen molar-refractivity contribution in [2.24, 2.45) is 5.92 Å². The first-order valence-electron chi connectivity index (χ1n) is 9.39. The molecule has 0 spiro atoms. The molecule has 0 bridgehead atoms. The van der Waals surface area contributed by atoms with Crippen LogP contribution < -0.4 is 10.1 Å². The minimum atomic E-state index is 0.0242. The molecule has 4 heteroatoms. The highest BCUT2D eigenvalue weighted by molar-refractivity contribution is 5.74. The third-order valence-corrected chi connectivity index (χ3v) is 4.99. The molecule has 2 amide bonds. The van der Waals surface area contributed by atoms with Gasteiger partial charge < -0.3 is 15.0 Å². The lowest BCUT2D eigenvalue weighted by Gasteiger charge is -2.30. The Bertz CT molecular complexity index is 713. The van der Waals surface area contributed by atoms with Crippen LogP contribution >= 0.6 is 0 Å². The second-order valence-electron chi connectivity index (χ2n) is 7.02. The number of carbonyl (C=O) groups is 1. The van der Waals surface area contributed by atoms with E-state index in [0.29, 0.717) is 12.5 Å². The summed E-state index contributed by atoms with van der Waals surface area (Å²) in [5, 5.41) is 3.10. The van der Waals surface area contributed by atoms with Crippen molar-refractivity contribution < 1.29 is 9.53 Å². The van der Waals surface area contributed by atoms with Crippen LogP contribution in [0.5, 0.6) is 5.75 Å². The molecule has 1 unspecified atom stereocenters. The molecular weight excluding hydrogens is 324 g/mol. The van der Waals surface area contributed by atoms with E-state index >= 15 is 0 Å². The highest BCUT2D eigenvalue weighted by Crippen LogP contribution is 2.32. The predicted octanol–water partition coefficient (Wildman–Crippen LogP) is 4.42. The van der Waals surface area contributed by atoms with Crippen LogP contribution in [0.4, 0.5) is 4.79 Å². The van der Waals surface area contributed by atoms with Gasteiger partial charge in [0, 0.05) is 13.1 Å². The van der Waals surface area contributed by atoms with Gasteiger partial charge in [0.15, 0.2) is 0 Å². The van der Waals surface area contributed by atoms with E-state index in [9.17, 15) is 4.79 Å². The molecule has 138 valence electrons. The molecule has 26 heavy (non-hydrogen) atoms. The molecule has 1 saturated carbocycles. The zero-order valence-electron chi connectivity index (χ0n) is 15.7. The van der Waals surface area contributed by atoms with Gasteiger partial charge in [0.05, 0.1) is 13.2 Å². The maximum absolute atomic E-state index is 12.8. The van der Waals surface area contributed by atoms with Crippen molar-refractivity contribution in [3.05, 3.63) is 65.7 Å². The van der Waals surface area contributed by atoms with E-state index in [1.807, 2.05) is 41.3 Å². The number of benzene rings is 2. The summed E-state index contributed by atoms with van der Waals surface area (Å²) in [6.07, 6.45) is 3.25. The summed E-state index contributed by atoms with van der Waals surface area (Å²) in [5.74, 6) is 1.51. The lowest BCUT2D eigenvalue weighted by molar-refractivity contribution is 0.176. The standard InChI is InChI=1S/C22H28N2O2/c1-17(20-8-4-3-5-9-20)24(16-19-11-12-19)22(25)23-14-13-18-7-6-10-21(15-18)26-2/h3-10,15,17,19H,11-14,16H2,1-2H3,(H,23,25). The Balaban J connectivity index is 1.58. The molecule has 1 atom stereocenters. The van der Waals surface area contributed by atoms with Crippen LogP contribution in [-0.4, -0.2) is 31.1 Å². The molecule has 1 fully saturated rings. The minimum absolute atomic E-state index is 0.0242. The Morgan fingerprint density at radius 2 is 1.96 bits per heavy atom. The van der Waals surface area contributed by atoms with E-state index in [1.54, 1.807) is 7.11 Å². The van der Waals surface area contributed by atoms with Gasteiger partial charge in [0.25, 0.3) is 0 Å². The first kappa shape index (κ1) is 18.3. The number of carbonyl (C=O) groups excluding carboxylic acids is 1. The molecule has 0 radical (unpaired) electrons. The number of rotatable bonds is 8. The fourth-order valence-electron chi connectivity index (χ4n) is 3.15. The van der Waals surface area contributed by atoms with Crippen molar-refractivity contribution in [2.45, 2.75) is 32.2 Å². The quantitative estimate of drug-likeness (QED) is 0.764. The van der Waals surface area contributed by atoms with E-state index in [1.165, 1.54) is 18.4 Å². The predicted molar refractivity (Wildman–Crippen MR) is 104 cm³/mol. The van der Waals surface area contributed by atoms with E-state index in [2.05, 4.69) is 30.4 Å². The zero-order chi connectivity index (χ0) is 18.4. The van der Waals surface area contributed by atoms with Crippen molar-refractivity contribution in [1.29, 1.82) is 0 Å². The Hall–Kier alpha value is -2.49. The van der Waals surface area contributed by atoms with Crippen molar-refractivity contribution in [3.63, 3.8) is 0 Å². The van der Waals surface area contributed by atoms with Crippen molar-refractivity contribution >= 4 is 6.03 Å². The topological polar surface area (TPSA) is 41.6 Å². The highest BCUT2D eigenvalue weighted by atomic mass is 16.5. The van der Waals surface area contributed by atoms with Crippen LogP contribution in [0.15, 0.2) is 54.6 Å². The van der Waals surface area contributed by atoms with Crippen molar-refractivity contribution in [2.75, 3.05) is 20.2 Å². The number of urea groups is 1. The van der Waals surface area contributed by atoms with E-state index in [0.717, 1.165) is 24.3 Å². The molecule has 0 saturated heterocycles. The first-order valence-corrected chi connectivity index (χ1v) is 9.39. The Morgan fingerprint density at radius 1 is 1.19 bits per heavy atom. The first-order chi connectivity index (χ1) is 12.7. The van der Waals surface area contributed by atoms with Gasteiger partial charge in [-0.25, -0.2) is 4.79 Å². The normalized spacial score (nSPS) is 14.5. The summed E-state index contributed by atoms with van der Waals surface area (Å²) in [7, 11) is 1.67. The second-order valence-corrected chi connectivity index (χ2v) is 7.02. The molecule has 1 N–H and O–H groups in total. The SMILES string of the molecule is COc1cccc(CCNC(=O)N(CC2CC2)C(C)c2ccccc2)c1. The van der Waals surface area contributed by atoms with Crippen LogP contribution in [0, 0.1) is 5.92 Å². The second kappa shape index (κ2) is 8.75. The average molecular weight is 352 g/mol. The Labute approximate surface area is 156 Å². The van der Waals surface area contributed by atoms with Gasteiger partial charge in [0.1, 0.15) is 5.75 Å². The molecule has 0 aromatic heterocycles. The van der Waals surface area contributed by atoms with E-state index < -0.39 is 0 Å². The molecule has 2 aromatic rings. The number of methoxy groups -OCH3 is 1. The van der Waals surface area contributed by atoms with Crippen LogP contribution in [0.3, 0.4) is 0 Å². The van der Waals surface area contributed by atoms with Gasteiger partial charge in [-0.2, -0.15) is 0 Å². The lowest BCUT2D eigenvalue weighted by Crippen LogP contribution is -2.43. The summed E-state index contributed by atoms with van der Waals surface area (Å²) in [6, 6.07) is 18.3. The smallest absolute Gasteiger partial charge is 0.317 e. The summed E-state index contributed by atoms with van der Waals surface area (Å²) in [4.78, 5) is 14.8. The van der Waals surface area contributed by atoms with Gasteiger partial charge in [-0.1, -0.05) is 42.5 Å². The third kappa shape index (κ3) is 5.01. The van der Waals surface area contributed by atoms with Crippen LogP contribution in [-0.2, 0) is 6.42 Å². The molecule has 2 aromatic carbocycles. The lowest BCUT2D eigenvalue weighted by atomic mass is 10.1. The molecular formula is C22H28N2O2. The number of hydrogen-bond donors (Lipinski definition) is 1. The van der Waals surface area contributed by atoms with Gasteiger partial charge in [0.2, 0.25) is 0 Å². The van der Waals surface area contributed by atoms with Crippen molar-refractivity contribution in [1.82, 2.24) is 10.2 Å².